The van der Waals surface area contributed by atoms with Crippen molar-refractivity contribution in [3.8, 4) is 0 Å². The first-order chi connectivity index (χ1) is 10.1. The van der Waals surface area contributed by atoms with Gasteiger partial charge in [-0.25, -0.2) is 4.98 Å². The second-order valence-electron chi connectivity index (χ2n) is 5.07. The Hall–Kier alpha value is -2.62. The molecule has 106 valence electrons. The van der Waals surface area contributed by atoms with E-state index < -0.39 is 0 Å². The molecule has 21 heavy (non-hydrogen) atoms. The molecule has 0 aliphatic carbocycles. The SMILES string of the molecule is Cc1nc2cc(CC(=O)Nc3ccccc3C)ccc2o1. The number of nitrogens with one attached hydrogen (secondary N) is 1. The number of oxazole rings is 1. The highest BCUT2D eigenvalue weighted by atomic mass is 16.3. The molecule has 1 N–H and O–H groups in total. The van der Waals surface area contributed by atoms with Crippen molar-refractivity contribution in [2.24, 2.45) is 0 Å². The van der Waals surface area contributed by atoms with E-state index in [1.807, 2.05) is 56.3 Å². The molecule has 0 saturated heterocycles. The smallest absolute Gasteiger partial charge is 0.228 e. The van der Waals surface area contributed by atoms with Crippen molar-refractivity contribution in [3.05, 3.63) is 59.5 Å². The second-order valence-corrected chi connectivity index (χ2v) is 5.07. The Morgan fingerprint density at radius 3 is 2.81 bits per heavy atom. The Balaban J connectivity index is 1.75. The number of carbonyl (C=O) groups excluding carboxylic acids is 1. The van der Waals surface area contributed by atoms with Crippen molar-refractivity contribution in [1.82, 2.24) is 4.98 Å². The van der Waals surface area contributed by atoms with E-state index >= 15 is 0 Å². The van der Waals surface area contributed by atoms with Crippen LogP contribution in [0.3, 0.4) is 0 Å². The number of carbonyl (C=O) groups is 1. The Bertz CT molecular complexity index is 805. The second kappa shape index (κ2) is 5.40. The van der Waals surface area contributed by atoms with E-state index in [9.17, 15) is 4.79 Å². The van der Waals surface area contributed by atoms with Gasteiger partial charge in [-0.05, 0) is 36.2 Å². The maximum absolute atomic E-state index is 12.1. The fraction of sp³-hybridized carbons (Fsp3) is 0.176. The van der Waals surface area contributed by atoms with Crippen LogP contribution in [0.1, 0.15) is 17.0 Å². The molecule has 0 radical (unpaired) electrons. The maximum Gasteiger partial charge on any atom is 0.228 e. The first-order valence-corrected chi connectivity index (χ1v) is 6.83. The van der Waals surface area contributed by atoms with Gasteiger partial charge in [0.2, 0.25) is 5.91 Å². The quantitative estimate of drug-likeness (QED) is 0.797. The highest BCUT2D eigenvalue weighted by Gasteiger charge is 2.08. The molecule has 0 fully saturated rings. The average Bonchev–Trinajstić information content (AvgIpc) is 2.80. The summed E-state index contributed by atoms with van der Waals surface area (Å²) < 4.78 is 5.43. The minimum atomic E-state index is -0.0381. The van der Waals surface area contributed by atoms with Crippen LogP contribution < -0.4 is 5.32 Å². The zero-order chi connectivity index (χ0) is 14.8. The van der Waals surface area contributed by atoms with Crippen LogP contribution in [-0.4, -0.2) is 10.9 Å². The molecule has 2 aromatic carbocycles. The van der Waals surface area contributed by atoms with Crippen LogP contribution in [-0.2, 0) is 11.2 Å². The van der Waals surface area contributed by atoms with Crippen LogP contribution in [0.4, 0.5) is 5.69 Å². The number of aryl methyl sites for hydroxylation is 2. The third kappa shape index (κ3) is 2.94. The lowest BCUT2D eigenvalue weighted by atomic mass is 10.1. The standard InChI is InChI=1S/C17H16N2O2/c1-11-5-3-4-6-14(11)19-17(20)10-13-7-8-16-15(9-13)18-12(2)21-16/h3-9H,10H2,1-2H3,(H,19,20). The van der Waals surface area contributed by atoms with Crippen LogP contribution in [0.15, 0.2) is 46.9 Å². The molecule has 4 heteroatoms. The summed E-state index contributed by atoms with van der Waals surface area (Å²) in [5, 5.41) is 2.93. The summed E-state index contributed by atoms with van der Waals surface area (Å²) in [6.45, 7) is 3.78. The van der Waals surface area contributed by atoms with Gasteiger partial charge in [0, 0.05) is 12.6 Å². The van der Waals surface area contributed by atoms with E-state index in [0.29, 0.717) is 12.3 Å². The molecule has 1 aromatic heterocycles. The van der Waals surface area contributed by atoms with Gasteiger partial charge in [0.25, 0.3) is 0 Å². The number of hydrogen-bond acceptors (Lipinski definition) is 3. The number of benzene rings is 2. The van der Waals surface area contributed by atoms with Crippen LogP contribution >= 0.6 is 0 Å². The lowest BCUT2D eigenvalue weighted by Gasteiger charge is -2.08. The predicted molar refractivity (Wildman–Crippen MR) is 82.3 cm³/mol. The Kier molecular flexibility index (Phi) is 3.44. The Morgan fingerprint density at radius 1 is 1.19 bits per heavy atom. The molecule has 3 aromatic rings. The van der Waals surface area contributed by atoms with E-state index in [4.69, 9.17) is 4.42 Å². The summed E-state index contributed by atoms with van der Waals surface area (Å²) in [6, 6.07) is 13.4. The van der Waals surface area contributed by atoms with Gasteiger partial charge in [-0.1, -0.05) is 24.3 Å². The van der Waals surface area contributed by atoms with Crippen molar-refractivity contribution in [2.75, 3.05) is 5.32 Å². The molecule has 0 aliphatic rings. The van der Waals surface area contributed by atoms with Crippen molar-refractivity contribution in [3.63, 3.8) is 0 Å². The molecule has 0 spiro atoms. The lowest BCUT2D eigenvalue weighted by Crippen LogP contribution is -2.15. The van der Waals surface area contributed by atoms with Crippen LogP contribution in [0.5, 0.6) is 0 Å². The number of fused-ring (bicyclic) bond motifs is 1. The van der Waals surface area contributed by atoms with Crippen LogP contribution in [0.25, 0.3) is 11.1 Å². The van der Waals surface area contributed by atoms with Crippen LogP contribution in [0, 0.1) is 13.8 Å². The van der Waals surface area contributed by atoms with Gasteiger partial charge < -0.3 is 9.73 Å². The third-order valence-electron chi connectivity index (χ3n) is 3.34. The summed E-state index contributed by atoms with van der Waals surface area (Å²) in [6.07, 6.45) is 0.316. The van der Waals surface area contributed by atoms with Gasteiger partial charge in [-0.3, -0.25) is 4.79 Å². The molecule has 4 nitrogen and oxygen atoms in total. The normalized spacial score (nSPS) is 10.8. The van der Waals surface area contributed by atoms with Crippen molar-refractivity contribution in [1.29, 1.82) is 0 Å². The van der Waals surface area contributed by atoms with Crippen molar-refractivity contribution >= 4 is 22.7 Å². The summed E-state index contributed by atoms with van der Waals surface area (Å²) in [5.74, 6) is 0.593. The number of para-hydroxylation sites is 1. The minimum absolute atomic E-state index is 0.0381. The Morgan fingerprint density at radius 2 is 2.00 bits per heavy atom. The number of hydrogen-bond donors (Lipinski definition) is 1. The number of nitrogens with zero attached hydrogens (tertiary/aromatic N) is 1. The van der Waals surface area contributed by atoms with Gasteiger partial charge in [0.1, 0.15) is 5.52 Å². The summed E-state index contributed by atoms with van der Waals surface area (Å²) in [7, 11) is 0. The fourth-order valence-corrected chi connectivity index (χ4v) is 2.29. The minimum Gasteiger partial charge on any atom is -0.441 e. The molecular formula is C17H16N2O2. The van der Waals surface area contributed by atoms with Gasteiger partial charge in [0.15, 0.2) is 11.5 Å². The third-order valence-corrected chi connectivity index (χ3v) is 3.34. The Labute approximate surface area is 122 Å². The summed E-state index contributed by atoms with van der Waals surface area (Å²) in [5.41, 5.74) is 4.35. The highest BCUT2D eigenvalue weighted by molar-refractivity contribution is 5.93. The topological polar surface area (TPSA) is 55.1 Å². The van der Waals surface area contributed by atoms with Gasteiger partial charge >= 0.3 is 0 Å². The largest absolute Gasteiger partial charge is 0.441 e. The zero-order valence-electron chi connectivity index (χ0n) is 12.0. The molecule has 0 aliphatic heterocycles. The molecule has 0 saturated carbocycles. The highest BCUT2D eigenvalue weighted by Crippen LogP contribution is 2.18. The molecule has 1 heterocycles. The number of rotatable bonds is 3. The molecule has 0 unspecified atom stereocenters. The van der Waals surface area contributed by atoms with E-state index in [1.54, 1.807) is 0 Å². The van der Waals surface area contributed by atoms with Gasteiger partial charge in [-0.15, -0.1) is 0 Å². The van der Waals surface area contributed by atoms with E-state index in [1.165, 1.54) is 0 Å². The molecule has 0 bridgehead atoms. The molecule has 1 amide bonds. The average molecular weight is 280 g/mol. The fourth-order valence-electron chi connectivity index (χ4n) is 2.29. The lowest BCUT2D eigenvalue weighted by molar-refractivity contribution is -0.115. The van der Waals surface area contributed by atoms with Gasteiger partial charge in [-0.2, -0.15) is 0 Å². The first-order valence-electron chi connectivity index (χ1n) is 6.83. The molecule has 0 atom stereocenters. The number of anilines is 1. The molecule has 3 rings (SSSR count). The summed E-state index contributed by atoms with van der Waals surface area (Å²) in [4.78, 5) is 16.4. The van der Waals surface area contributed by atoms with E-state index in [0.717, 1.165) is 27.9 Å². The monoisotopic (exact) mass is 280 g/mol. The van der Waals surface area contributed by atoms with E-state index in [-0.39, 0.29) is 5.91 Å². The summed E-state index contributed by atoms with van der Waals surface area (Å²) >= 11 is 0. The van der Waals surface area contributed by atoms with Crippen LogP contribution in [0.2, 0.25) is 0 Å². The van der Waals surface area contributed by atoms with Gasteiger partial charge in [0.05, 0.1) is 6.42 Å². The number of aromatic nitrogens is 1. The van der Waals surface area contributed by atoms with E-state index in [2.05, 4.69) is 10.3 Å². The number of amides is 1. The van der Waals surface area contributed by atoms with Crippen molar-refractivity contribution in [2.45, 2.75) is 20.3 Å². The predicted octanol–water partition coefficient (Wildman–Crippen LogP) is 3.63. The first kappa shape index (κ1) is 13.4. The molecular weight excluding hydrogens is 264 g/mol. The van der Waals surface area contributed by atoms with Crippen molar-refractivity contribution < 1.29 is 9.21 Å². The maximum atomic E-state index is 12.1. The zero-order valence-corrected chi connectivity index (χ0v) is 12.0.